The molecule has 2 rings (SSSR count). The summed E-state index contributed by atoms with van der Waals surface area (Å²) in [4.78, 5) is 7.58. The Balaban J connectivity index is 2.01. The molecule has 2 unspecified atom stereocenters. The molecule has 0 aromatic heterocycles. The van der Waals surface area contributed by atoms with Gasteiger partial charge in [-0.15, -0.1) is 0 Å². The summed E-state index contributed by atoms with van der Waals surface area (Å²) in [5.41, 5.74) is 6.54. The van der Waals surface area contributed by atoms with Crippen LogP contribution in [-0.4, -0.2) is 79.6 Å². The number of hydrogen-bond donors (Lipinski definition) is 1. The minimum absolute atomic E-state index is 0.263. The maximum Gasteiger partial charge on any atom is 0.0361 e. The van der Waals surface area contributed by atoms with Crippen LogP contribution in [0.2, 0.25) is 0 Å². The molecule has 4 heteroatoms. The first kappa shape index (κ1) is 16.2. The lowest BCUT2D eigenvalue weighted by Crippen LogP contribution is -2.62. The van der Waals surface area contributed by atoms with Crippen LogP contribution in [0.5, 0.6) is 0 Å². The van der Waals surface area contributed by atoms with Gasteiger partial charge in [0.05, 0.1) is 0 Å². The molecular weight excluding hydrogens is 248 g/mol. The minimum atomic E-state index is 0.263. The van der Waals surface area contributed by atoms with Gasteiger partial charge in [0.25, 0.3) is 0 Å². The highest BCUT2D eigenvalue weighted by atomic mass is 15.3. The van der Waals surface area contributed by atoms with Gasteiger partial charge in [0.2, 0.25) is 0 Å². The van der Waals surface area contributed by atoms with Crippen LogP contribution >= 0.6 is 0 Å². The van der Waals surface area contributed by atoms with Crippen molar-refractivity contribution < 1.29 is 0 Å². The van der Waals surface area contributed by atoms with Crippen LogP contribution in [0, 0.1) is 0 Å². The van der Waals surface area contributed by atoms with Crippen molar-refractivity contribution in [3.63, 3.8) is 0 Å². The second-order valence-electron chi connectivity index (χ2n) is 7.12. The van der Waals surface area contributed by atoms with Crippen molar-refractivity contribution >= 4 is 0 Å². The number of fused-ring (bicyclic) bond motifs is 2. The number of likely N-dealkylation sites (N-methyl/N-ethyl adjacent to an activating group) is 1. The maximum atomic E-state index is 6.27. The molecule has 2 aliphatic heterocycles. The molecule has 118 valence electrons. The van der Waals surface area contributed by atoms with Crippen molar-refractivity contribution in [3.8, 4) is 0 Å². The van der Waals surface area contributed by atoms with Crippen molar-refractivity contribution in [1.29, 1.82) is 0 Å². The van der Waals surface area contributed by atoms with Crippen molar-refractivity contribution in [2.75, 3.05) is 47.3 Å². The normalized spacial score (nSPS) is 34.4. The van der Waals surface area contributed by atoms with E-state index in [1.54, 1.807) is 0 Å². The zero-order chi connectivity index (χ0) is 14.8. The maximum absolute atomic E-state index is 6.27. The van der Waals surface area contributed by atoms with E-state index < -0.39 is 0 Å². The molecule has 0 amide bonds. The van der Waals surface area contributed by atoms with E-state index in [-0.39, 0.29) is 5.54 Å². The highest BCUT2D eigenvalue weighted by molar-refractivity contribution is 5.06. The first-order chi connectivity index (χ1) is 9.52. The standard InChI is InChI=1S/C16H34N4/c1-5-20(10-6-9-18(2)3)16(13-17)11-14-7-8-15(12-16)19(14)4/h14-15H,5-13,17H2,1-4H3. The summed E-state index contributed by atoms with van der Waals surface area (Å²) < 4.78 is 0. The van der Waals surface area contributed by atoms with E-state index in [1.165, 1.54) is 45.2 Å². The molecule has 0 spiro atoms. The lowest BCUT2D eigenvalue weighted by Gasteiger charge is -2.51. The predicted molar refractivity (Wildman–Crippen MR) is 86.0 cm³/mol. The second kappa shape index (κ2) is 6.73. The van der Waals surface area contributed by atoms with Gasteiger partial charge in [-0.2, -0.15) is 0 Å². The quantitative estimate of drug-likeness (QED) is 0.761. The SMILES string of the molecule is CCN(CCCN(C)C)C1(CN)CC2CCC(C1)N2C. The smallest absolute Gasteiger partial charge is 0.0361 e. The summed E-state index contributed by atoms with van der Waals surface area (Å²) >= 11 is 0. The van der Waals surface area contributed by atoms with Gasteiger partial charge in [-0.25, -0.2) is 0 Å². The van der Waals surface area contributed by atoms with Gasteiger partial charge in [-0.1, -0.05) is 6.92 Å². The summed E-state index contributed by atoms with van der Waals surface area (Å²) in [7, 11) is 6.63. The Kier molecular flexibility index (Phi) is 5.46. The largest absolute Gasteiger partial charge is 0.329 e. The number of rotatable bonds is 7. The lowest BCUT2D eigenvalue weighted by atomic mass is 9.81. The van der Waals surface area contributed by atoms with E-state index in [4.69, 9.17) is 5.73 Å². The van der Waals surface area contributed by atoms with Crippen LogP contribution in [0.25, 0.3) is 0 Å². The van der Waals surface area contributed by atoms with E-state index in [1.807, 2.05) is 0 Å². The van der Waals surface area contributed by atoms with E-state index in [9.17, 15) is 0 Å². The molecule has 2 aliphatic rings. The zero-order valence-electron chi connectivity index (χ0n) is 13.9. The highest BCUT2D eigenvalue weighted by Gasteiger charge is 2.48. The van der Waals surface area contributed by atoms with E-state index in [2.05, 4.69) is 42.8 Å². The van der Waals surface area contributed by atoms with Gasteiger partial charge >= 0.3 is 0 Å². The van der Waals surface area contributed by atoms with E-state index in [0.717, 1.165) is 25.2 Å². The highest BCUT2D eigenvalue weighted by Crippen LogP contribution is 2.42. The third kappa shape index (κ3) is 3.19. The lowest BCUT2D eigenvalue weighted by molar-refractivity contribution is 0.00235. The summed E-state index contributed by atoms with van der Waals surface area (Å²) in [6, 6.07) is 1.53. The van der Waals surface area contributed by atoms with Gasteiger partial charge < -0.3 is 15.5 Å². The van der Waals surface area contributed by atoms with Gasteiger partial charge in [0, 0.05) is 24.2 Å². The first-order valence-electron chi connectivity index (χ1n) is 8.34. The Labute approximate surface area is 125 Å². The molecule has 0 saturated carbocycles. The minimum Gasteiger partial charge on any atom is -0.329 e. The van der Waals surface area contributed by atoms with Crippen molar-refractivity contribution in [2.24, 2.45) is 5.73 Å². The number of nitrogens with two attached hydrogens (primary N) is 1. The van der Waals surface area contributed by atoms with Gasteiger partial charge in [-0.05, 0) is 72.9 Å². The topological polar surface area (TPSA) is 35.7 Å². The van der Waals surface area contributed by atoms with Crippen LogP contribution in [0.4, 0.5) is 0 Å². The molecular formula is C16H34N4. The second-order valence-corrected chi connectivity index (χ2v) is 7.12. The monoisotopic (exact) mass is 282 g/mol. The summed E-state index contributed by atoms with van der Waals surface area (Å²) in [5, 5.41) is 0. The Morgan fingerprint density at radius 2 is 1.75 bits per heavy atom. The van der Waals surface area contributed by atoms with Crippen molar-refractivity contribution in [1.82, 2.24) is 14.7 Å². The van der Waals surface area contributed by atoms with E-state index in [0.29, 0.717) is 0 Å². The van der Waals surface area contributed by atoms with Crippen LogP contribution in [-0.2, 0) is 0 Å². The fourth-order valence-electron chi connectivity index (χ4n) is 4.41. The fraction of sp³-hybridized carbons (Fsp3) is 1.00. The third-order valence-corrected chi connectivity index (χ3v) is 5.68. The third-order valence-electron chi connectivity index (χ3n) is 5.68. The molecule has 0 radical (unpaired) electrons. The van der Waals surface area contributed by atoms with Gasteiger partial charge in [0.1, 0.15) is 0 Å². The van der Waals surface area contributed by atoms with Crippen LogP contribution in [0.15, 0.2) is 0 Å². The Hall–Kier alpha value is -0.160. The average Bonchev–Trinajstić information content (AvgIpc) is 2.66. The number of piperidine rings is 1. The van der Waals surface area contributed by atoms with Crippen LogP contribution in [0.3, 0.4) is 0 Å². The summed E-state index contributed by atoms with van der Waals surface area (Å²) in [5.74, 6) is 0. The van der Waals surface area contributed by atoms with Gasteiger partial charge in [0.15, 0.2) is 0 Å². The van der Waals surface area contributed by atoms with E-state index >= 15 is 0 Å². The molecule has 2 saturated heterocycles. The molecule has 0 aliphatic carbocycles. The molecule has 2 fully saturated rings. The summed E-state index contributed by atoms with van der Waals surface area (Å²) in [6.45, 7) is 6.61. The van der Waals surface area contributed by atoms with Gasteiger partial charge in [-0.3, -0.25) is 4.90 Å². The number of nitrogens with zero attached hydrogens (tertiary/aromatic N) is 3. The predicted octanol–water partition coefficient (Wildman–Crippen LogP) is 1.21. The molecule has 20 heavy (non-hydrogen) atoms. The van der Waals surface area contributed by atoms with Crippen molar-refractivity contribution in [3.05, 3.63) is 0 Å². The first-order valence-corrected chi connectivity index (χ1v) is 8.34. The molecule has 2 heterocycles. The fourth-order valence-corrected chi connectivity index (χ4v) is 4.41. The molecule has 2 bridgehead atoms. The molecule has 0 aromatic rings. The summed E-state index contributed by atoms with van der Waals surface area (Å²) in [6.07, 6.45) is 6.53. The molecule has 2 atom stereocenters. The van der Waals surface area contributed by atoms with Crippen LogP contribution < -0.4 is 5.73 Å². The zero-order valence-corrected chi connectivity index (χ0v) is 13.9. The Morgan fingerprint density at radius 3 is 2.20 bits per heavy atom. The number of hydrogen-bond acceptors (Lipinski definition) is 4. The Morgan fingerprint density at radius 1 is 1.15 bits per heavy atom. The molecule has 0 aromatic carbocycles. The molecule has 4 nitrogen and oxygen atoms in total. The molecule has 2 N–H and O–H groups in total. The van der Waals surface area contributed by atoms with Crippen molar-refractivity contribution in [2.45, 2.75) is 56.7 Å². The Bertz CT molecular complexity index is 291. The van der Waals surface area contributed by atoms with Crippen LogP contribution in [0.1, 0.15) is 39.0 Å². The average molecular weight is 282 g/mol.